The summed E-state index contributed by atoms with van der Waals surface area (Å²) in [5, 5.41) is 14.3. The van der Waals surface area contributed by atoms with E-state index in [9.17, 15) is 5.11 Å². The third kappa shape index (κ3) is 1.63. The highest BCUT2D eigenvalue weighted by Gasteiger charge is 2.44. The molecule has 82 valence electrons. The van der Waals surface area contributed by atoms with Gasteiger partial charge in [-0.15, -0.1) is 11.3 Å². The fourth-order valence-electron chi connectivity index (χ4n) is 3.01. The maximum absolute atomic E-state index is 10.7. The zero-order valence-corrected chi connectivity index (χ0v) is 9.81. The van der Waals surface area contributed by atoms with E-state index in [0.29, 0.717) is 12.1 Å². The molecule has 2 fully saturated rings. The van der Waals surface area contributed by atoms with Crippen molar-refractivity contribution in [1.29, 1.82) is 0 Å². The molecule has 2 nitrogen and oxygen atoms in total. The molecule has 0 radical (unpaired) electrons. The van der Waals surface area contributed by atoms with Gasteiger partial charge in [0.15, 0.2) is 0 Å². The predicted molar refractivity (Wildman–Crippen MR) is 62.1 cm³/mol. The number of aryl methyl sites for hydroxylation is 1. The maximum Gasteiger partial charge on any atom is 0.102 e. The molecule has 2 saturated heterocycles. The van der Waals surface area contributed by atoms with Crippen molar-refractivity contribution in [1.82, 2.24) is 5.32 Å². The van der Waals surface area contributed by atoms with Crippen molar-refractivity contribution in [2.24, 2.45) is 0 Å². The van der Waals surface area contributed by atoms with Gasteiger partial charge in [0.25, 0.3) is 0 Å². The van der Waals surface area contributed by atoms with Gasteiger partial charge in [0, 0.05) is 21.8 Å². The molecule has 2 aliphatic rings. The van der Waals surface area contributed by atoms with E-state index < -0.39 is 5.60 Å². The van der Waals surface area contributed by atoms with Crippen LogP contribution in [-0.2, 0) is 5.60 Å². The average molecular weight is 223 g/mol. The van der Waals surface area contributed by atoms with E-state index in [-0.39, 0.29) is 0 Å². The number of hydrogen-bond acceptors (Lipinski definition) is 3. The highest BCUT2D eigenvalue weighted by Crippen LogP contribution is 2.42. The first kappa shape index (κ1) is 9.82. The third-order valence-corrected chi connectivity index (χ3v) is 4.90. The lowest BCUT2D eigenvalue weighted by molar-refractivity contribution is -0.00811. The molecule has 0 spiro atoms. The SMILES string of the molecule is Cc1ccc(C2(O)CC3CCC(C2)N3)s1. The summed E-state index contributed by atoms with van der Waals surface area (Å²) in [6.07, 6.45) is 4.25. The lowest BCUT2D eigenvalue weighted by Gasteiger charge is -2.36. The van der Waals surface area contributed by atoms with E-state index in [0.717, 1.165) is 12.8 Å². The van der Waals surface area contributed by atoms with Crippen LogP contribution in [0.2, 0.25) is 0 Å². The summed E-state index contributed by atoms with van der Waals surface area (Å²) in [6, 6.07) is 5.29. The lowest BCUT2D eigenvalue weighted by Crippen LogP contribution is -2.46. The topological polar surface area (TPSA) is 32.3 Å². The summed E-state index contributed by atoms with van der Waals surface area (Å²) in [4.78, 5) is 2.46. The molecule has 2 atom stereocenters. The Balaban J connectivity index is 1.90. The Kier molecular flexibility index (Phi) is 2.16. The summed E-state index contributed by atoms with van der Waals surface area (Å²) in [6.45, 7) is 2.10. The standard InChI is InChI=1S/C12H17NOS/c1-8-2-5-11(15-8)12(14)6-9-3-4-10(7-12)13-9/h2,5,9-10,13-14H,3-4,6-7H2,1H3. The fourth-order valence-corrected chi connectivity index (χ4v) is 3.98. The number of hydrogen-bond donors (Lipinski definition) is 2. The molecule has 3 heterocycles. The van der Waals surface area contributed by atoms with Gasteiger partial charge in [-0.1, -0.05) is 0 Å². The van der Waals surface area contributed by atoms with Crippen LogP contribution in [0, 0.1) is 6.92 Å². The molecule has 3 heteroatoms. The normalized spacial score (nSPS) is 39.6. The highest BCUT2D eigenvalue weighted by molar-refractivity contribution is 7.12. The molecule has 0 saturated carbocycles. The number of fused-ring (bicyclic) bond motifs is 2. The van der Waals surface area contributed by atoms with Gasteiger partial charge in [0.1, 0.15) is 5.60 Å². The average Bonchev–Trinajstić information content (AvgIpc) is 2.74. The van der Waals surface area contributed by atoms with Crippen LogP contribution >= 0.6 is 11.3 Å². The van der Waals surface area contributed by atoms with Crippen molar-refractivity contribution in [3.05, 3.63) is 21.9 Å². The summed E-state index contributed by atoms with van der Waals surface area (Å²) in [7, 11) is 0. The third-order valence-electron chi connectivity index (χ3n) is 3.70. The van der Waals surface area contributed by atoms with Crippen molar-refractivity contribution in [3.63, 3.8) is 0 Å². The van der Waals surface area contributed by atoms with E-state index in [1.165, 1.54) is 22.6 Å². The van der Waals surface area contributed by atoms with Crippen LogP contribution in [-0.4, -0.2) is 17.2 Å². The van der Waals surface area contributed by atoms with E-state index >= 15 is 0 Å². The monoisotopic (exact) mass is 223 g/mol. The molecule has 1 aromatic rings. The van der Waals surface area contributed by atoms with E-state index in [1.54, 1.807) is 11.3 Å². The molecule has 0 aliphatic carbocycles. The quantitative estimate of drug-likeness (QED) is 0.764. The van der Waals surface area contributed by atoms with E-state index in [4.69, 9.17) is 0 Å². The molecule has 0 aromatic carbocycles. The molecule has 2 bridgehead atoms. The number of nitrogens with one attached hydrogen (secondary N) is 1. The molecule has 2 aliphatic heterocycles. The second-order valence-electron chi connectivity index (χ2n) is 4.99. The van der Waals surface area contributed by atoms with Gasteiger partial charge in [0.2, 0.25) is 0 Å². The second-order valence-corrected chi connectivity index (χ2v) is 6.28. The van der Waals surface area contributed by atoms with Crippen molar-refractivity contribution in [2.45, 2.75) is 50.3 Å². The van der Waals surface area contributed by atoms with Crippen LogP contribution in [0.25, 0.3) is 0 Å². The van der Waals surface area contributed by atoms with Crippen LogP contribution in [0.5, 0.6) is 0 Å². The minimum atomic E-state index is -0.546. The second kappa shape index (κ2) is 3.30. The van der Waals surface area contributed by atoms with Gasteiger partial charge < -0.3 is 10.4 Å². The van der Waals surface area contributed by atoms with E-state index in [2.05, 4.69) is 24.4 Å². The minimum Gasteiger partial charge on any atom is -0.384 e. The molecule has 0 amide bonds. The van der Waals surface area contributed by atoms with Crippen LogP contribution < -0.4 is 5.32 Å². The highest BCUT2D eigenvalue weighted by atomic mass is 32.1. The van der Waals surface area contributed by atoms with Gasteiger partial charge in [-0.2, -0.15) is 0 Å². The Morgan fingerprint density at radius 2 is 2.00 bits per heavy atom. The first-order valence-electron chi connectivity index (χ1n) is 5.71. The molecule has 2 N–H and O–H groups in total. The van der Waals surface area contributed by atoms with Crippen molar-refractivity contribution in [3.8, 4) is 0 Å². The molecular formula is C12H17NOS. The Morgan fingerprint density at radius 3 is 2.53 bits per heavy atom. The Bertz CT molecular complexity index is 361. The van der Waals surface area contributed by atoms with Crippen LogP contribution in [0.3, 0.4) is 0 Å². The number of rotatable bonds is 1. The summed E-state index contributed by atoms with van der Waals surface area (Å²) in [5.74, 6) is 0. The number of thiophene rings is 1. The van der Waals surface area contributed by atoms with Crippen molar-refractivity contribution >= 4 is 11.3 Å². The largest absolute Gasteiger partial charge is 0.384 e. The number of aliphatic hydroxyl groups is 1. The van der Waals surface area contributed by atoms with E-state index in [1.807, 2.05) is 0 Å². The van der Waals surface area contributed by atoms with Crippen molar-refractivity contribution in [2.75, 3.05) is 0 Å². The summed E-state index contributed by atoms with van der Waals surface area (Å²) >= 11 is 1.75. The lowest BCUT2D eigenvalue weighted by atomic mass is 9.86. The summed E-state index contributed by atoms with van der Waals surface area (Å²) in [5.41, 5.74) is -0.546. The molecule has 15 heavy (non-hydrogen) atoms. The molecule has 3 rings (SSSR count). The van der Waals surface area contributed by atoms with Crippen LogP contribution in [0.1, 0.15) is 35.4 Å². The van der Waals surface area contributed by atoms with Crippen LogP contribution in [0.4, 0.5) is 0 Å². The summed E-state index contributed by atoms with van der Waals surface area (Å²) < 4.78 is 0. The molecule has 2 unspecified atom stereocenters. The predicted octanol–water partition coefficient (Wildman–Crippen LogP) is 2.16. The molecule has 1 aromatic heterocycles. The zero-order chi connectivity index (χ0) is 10.5. The van der Waals surface area contributed by atoms with Crippen LogP contribution in [0.15, 0.2) is 12.1 Å². The van der Waals surface area contributed by atoms with Crippen molar-refractivity contribution < 1.29 is 5.11 Å². The molecular weight excluding hydrogens is 206 g/mol. The Morgan fingerprint density at radius 1 is 1.33 bits per heavy atom. The smallest absolute Gasteiger partial charge is 0.102 e. The fraction of sp³-hybridized carbons (Fsp3) is 0.667. The Hall–Kier alpha value is -0.380. The van der Waals surface area contributed by atoms with Gasteiger partial charge in [0.05, 0.1) is 0 Å². The first-order valence-corrected chi connectivity index (χ1v) is 6.53. The van der Waals surface area contributed by atoms with Gasteiger partial charge in [-0.3, -0.25) is 0 Å². The Labute approximate surface area is 94.3 Å². The van der Waals surface area contributed by atoms with Gasteiger partial charge >= 0.3 is 0 Å². The van der Waals surface area contributed by atoms with Gasteiger partial charge in [-0.25, -0.2) is 0 Å². The zero-order valence-electron chi connectivity index (χ0n) is 8.99. The number of piperidine rings is 1. The first-order chi connectivity index (χ1) is 7.16. The maximum atomic E-state index is 10.7. The van der Waals surface area contributed by atoms with Gasteiger partial charge in [-0.05, 0) is 44.7 Å². The minimum absolute atomic E-state index is 0.538.